The van der Waals surface area contributed by atoms with Gasteiger partial charge in [-0.1, -0.05) is 17.7 Å². The quantitative estimate of drug-likeness (QED) is 0.807. The molecule has 1 fully saturated rings. The van der Waals surface area contributed by atoms with Gasteiger partial charge in [0.15, 0.2) is 11.6 Å². The number of hydrogen-bond acceptors (Lipinski definition) is 3. The van der Waals surface area contributed by atoms with Gasteiger partial charge in [0.25, 0.3) is 5.91 Å². The SMILES string of the molecule is Cc1cc(OCC2CN(C(=O)c3cccc(F)c3F)CCO2)ccc1Cl. The van der Waals surface area contributed by atoms with Crippen LogP contribution < -0.4 is 4.74 Å². The molecule has 0 radical (unpaired) electrons. The maximum absolute atomic E-state index is 13.9. The molecule has 7 heteroatoms. The average Bonchev–Trinajstić information content (AvgIpc) is 2.64. The first kappa shape index (κ1) is 18.6. The van der Waals surface area contributed by atoms with Crippen LogP contribution in [0.3, 0.4) is 0 Å². The number of aryl methyl sites for hydroxylation is 1. The fourth-order valence-corrected chi connectivity index (χ4v) is 2.86. The molecule has 2 aromatic rings. The molecule has 0 N–H and O–H groups in total. The molecule has 1 unspecified atom stereocenters. The molecule has 1 saturated heterocycles. The van der Waals surface area contributed by atoms with E-state index in [1.54, 1.807) is 12.1 Å². The number of nitrogens with zero attached hydrogens (tertiary/aromatic N) is 1. The smallest absolute Gasteiger partial charge is 0.257 e. The van der Waals surface area contributed by atoms with E-state index in [4.69, 9.17) is 21.1 Å². The number of hydrogen-bond donors (Lipinski definition) is 0. The third-order valence-electron chi connectivity index (χ3n) is 4.17. The number of benzene rings is 2. The van der Waals surface area contributed by atoms with Crippen LogP contribution in [0.2, 0.25) is 5.02 Å². The van der Waals surface area contributed by atoms with E-state index in [9.17, 15) is 13.6 Å². The van der Waals surface area contributed by atoms with Crippen LogP contribution in [0.25, 0.3) is 0 Å². The fourth-order valence-electron chi connectivity index (χ4n) is 2.74. The van der Waals surface area contributed by atoms with Crippen LogP contribution >= 0.6 is 11.6 Å². The maximum atomic E-state index is 13.9. The Morgan fingerprint density at radius 2 is 2.15 bits per heavy atom. The minimum Gasteiger partial charge on any atom is -0.491 e. The summed E-state index contributed by atoms with van der Waals surface area (Å²) in [5.41, 5.74) is 0.618. The van der Waals surface area contributed by atoms with Crippen molar-refractivity contribution >= 4 is 17.5 Å². The molecular weight excluding hydrogens is 364 g/mol. The van der Waals surface area contributed by atoms with Gasteiger partial charge in [-0.2, -0.15) is 0 Å². The van der Waals surface area contributed by atoms with Crippen molar-refractivity contribution in [3.63, 3.8) is 0 Å². The fraction of sp³-hybridized carbons (Fsp3) is 0.316. The second kappa shape index (κ2) is 8.01. The lowest BCUT2D eigenvalue weighted by molar-refractivity contribution is -0.0402. The summed E-state index contributed by atoms with van der Waals surface area (Å²) in [6.45, 7) is 2.96. The number of carbonyl (C=O) groups is 1. The van der Waals surface area contributed by atoms with E-state index in [1.165, 1.54) is 17.0 Å². The highest BCUT2D eigenvalue weighted by molar-refractivity contribution is 6.31. The lowest BCUT2D eigenvalue weighted by Crippen LogP contribution is -2.47. The van der Waals surface area contributed by atoms with Crippen LogP contribution in [0.5, 0.6) is 5.75 Å². The van der Waals surface area contributed by atoms with E-state index in [0.717, 1.165) is 11.6 Å². The van der Waals surface area contributed by atoms with E-state index in [-0.39, 0.29) is 24.8 Å². The van der Waals surface area contributed by atoms with Gasteiger partial charge in [-0.3, -0.25) is 4.79 Å². The Labute approximate surface area is 155 Å². The van der Waals surface area contributed by atoms with Gasteiger partial charge in [0.1, 0.15) is 18.5 Å². The molecule has 1 aliphatic heterocycles. The lowest BCUT2D eigenvalue weighted by Gasteiger charge is -2.33. The summed E-state index contributed by atoms with van der Waals surface area (Å²) in [5, 5.41) is 0.653. The van der Waals surface area contributed by atoms with E-state index in [2.05, 4.69) is 0 Å². The standard InChI is InChI=1S/C19H18ClF2NO3/c1-12-9-13(5-6-16(12)20)26-11-14-10-23(7-8-25-14)19(24)15-3-2-4-17(21)18(15)22/h2-6,9,14H,7-8,10-11H2,1H3. The molecule has 0 saturated carbocycles. The molecule has 0 aromatic heterocycles. The molecule has 3 rings (SSSR count). The first-order valence-electron chi connectivity index (χ1n) is 8.19. The van der Waals surface area contributed by atoms with E-state index >= 15 is 0 Å². The number of morpholine rings is 1. The van der Waals surface area contributed by atoms with Crippen molar-refractivity contribution in [2.45, 2.75) is 13.0 Å². The molecule has 0 aliphatic carbocycles. The molecule has 138 valence electrons. The summed E-state index contributed by atoms with van der Waals surface area (Å²) < 4.78 is 38.5. The van der Waals surface area contributed by atoms with Gasteiger partial charge in [-0.05, 0) is 42.8 Å². The third kappa shape index (κ3) is 4.14. The van der Waals surface area contributed by atoms with Gasteiger partial charge < -0.3 is 14.4 Å². The molecular formula is C19H18ClF2NO3. The van der Waals surface area contributed by atoms with Crippen LogP contribution in [0.15, 0.2) is 36.4 Å². The van der Waals surface area contributed by atoms with Crippen molar-refractivity contribution in [3.8, 4) is 5.75 Å². The number of ether oxygens (including phenoxy) is 2. The maximum Gasteiger partial charge on any atom is 0.257 e. The Kier molecular flexibility index (Phi) is 5.74. The van der Waals surface area contributed by atoms with Gasteiger partial charge in [-0.25, -0.2) is 8.78 Å². The number of halogens is 3. The van der Waals surface area contributed by atoms with Crippen molar-refractivity contribution in [1.82, 2.24) is 4.90 Å². The van der Waals surface area contributed by atoms with Crippen LogP contribution in [-0.4, -0.2) is 43.2 Å². The Morgan fingerprint density at radius 1 is 1.35 bits per heavy atom. The summed E-state index contributed by atoms with van der Waals surface area (Å²) in [6, 6.07) is 8.89. The van der Waals surface area contributed by atoms with Crippen LogP contribution in [0.1, 0.15) is 15.9 Å². The van der Waals surface area contributed by atoms with Crippen LogP contribution in [-0.2, 0) is 4.74 Å². The highest BCUT2D eigenvalue weighted by atomic mass is 35.5. The second-order valence-corrected chi connectivity index (χ2v) is 6.47. The predicted octanol–water partition coefficient (Wildman–Crippen LogP) is 3.85. The highest BCUT2D eigenvalue weighted by Gasteiger charge is 2.27. The largest absolute Gasteiger partial charge is 0.491 e. The molecule has 2 aromatic carbocycles. The van der Waals surface area contributed by atoms with E-state index in [1.807, 2.05) is 13.0 Å². The zero-order chi connectivity index (χ0) is 18.7. The Bertz CT molecular complexity index is 815. The first-order valence-corrected chi connectivity index (χ1v) is 8.57. The minimum atomic E-state index is -1.13. The van der Waals surface area contributed by atoms with Crippen molar-refractivity contribution in [1.29, 1.82) is 0 Å². The van der Waals surface area contributed by atoms with Gasteiger partial charge in [0.2, 0.25) is 0 Å². The van der Waals surface area contributed by atoms with Crippen molar-refractivity contribution in [2.75, 3.05) is 26.3 Å². The summed E-state index contributed by atoms with van der Waals surface area (Å²) in [5.74, 6) is -2.08. The number of carbonyl (C=O) groups excluding carboxylic acids is 1. The van der Waals surface area contributed by atoms with Crippen molar-refractivity contribution < 1.29 is 23.0 Å². The van der Waals surface area contributed by atoms with E-state index < -0.39 is 17.5 Å². The third-order valence-corrected chi connectivity index (χ3v) is 4.60. The lowest BCUT2D eigenvalue weighted by atomic mass is 10.1. The van der Waals surface area contributed by atoms with Gasteiger partial charge >= 0.3 is 0 Å². The number of rotatable bonds is 4. The number of amides is 1. The summed E-state index contributed by atoms with van der Waals surface area (Å²) in [6.07, 6.45) is -0.361. The van der Waals surface area contributed by atoms with Crippen LogP contribution in [0, 0.1) is 18.6 Å². The van der Waals surface area contributed by atoms with E-state index in [0.29, 0.717) is 23.9 Å². The summed E-state index contributed by atoms with van der Waals surface area (Å²) in [4.78, 5) is 13.9. The van der Waals surface area contributed by atoms with Crippen LogP contribution in [0.4, 0.5) is 8.78 Å². The zero-order valence-corrected chi connectivity index (χ0v) is 14.9. The second-order valence-electron chi connectivity index (χ2n) is 6.07. The highest BCUT2D eigenvalue weighted by Crippen LogP contribution is 2.22. The predicted molar refractivity (Wildman–Crippen MR) is 93.7 cm³/mol. The Balaban J connectivity index is 1.62. The molecule has 26 heavy (non-hydrogen) atoms. The van der Waals surface area contributed by atoms with Gasteiger partial charge in [0.05, 0.1) is 18.7 Å². The molecule has 0 spiro atoms. The topological polar surface area (TPSA) is 38.8 Å². The van der Waals surface area contributed by atoms with Gasteiger partial charge in [-0.15, -0.1) is 0 Å². The monoisotopic (exact) mass is 381 g/mol. The molecule has 1 heterocycles. The first-order chi connectivity index (χ1) is 12.5. The molecule has 1 aliphatic rings. The Hall–Kier alpha value is -2.18. The van der Waals surface area contributed by atoms with Crippen molar-refractivity contribution in [3.05, 3.63) is 64.2 Å². The van der Waals surface area contributed by atoms with Crippen molar-refractivity contribution in [2.24, 2.45) is 0 Å². The average molecular weight is 382 g/mol. The summed E-state index contributed by atoms with van der Waals surface area (Å²) >= 11 is 5.98. The molecule has 4 nitrogen and oxygen atoms in total. The molecule has 1 atom stereocenters. The zero-order valence-electron chi connectivity index (χ0n) is 14.2. The Morgan fingerprint density at radius 3 is 2.92 bits per heavy atom. The van der Waals surface area contributed by atoms with Gasteiger partial charge in [0, 0.05) is 11.6 Å². The summed E-state index contributed by atoms with van der Waals surface area (Å²) in [7, 11) is 0. The molecule has 1 amide bonds. The molecule has 0 bridgehead atoms. The minimum absolute atomic E-state index is 0.233. The normalized spacial score (nSPS) is 17.2.